The van der Waals surface area contributed by atoms with Gasteiger partial charge in [0.2, 0.25) is 0 Å². The van der Waals surface area contributed by atoms with Crippen LogP contribution in [0.3, 0.4) is 0 Å². The van der Waals surface area contributed by atoms with Crippen molar-refractivity contribution >= 4 is 93.5 Å². The number of benzene rings is 6. The third kappa shape index (κ3) is 6.58. The number of hydrogen-bond donors (Lipinski definition) is 0. The number of nitrogens with zero attached hydrogens (tertiary/aromatic N) is 5. The molecular formula is C54H54BN5Si. The first-order valence-electron chi connectivity index (χ1n) is 21.7. The average Bonchev–Trinajstić information content (AvgIpc) is 3.63. The first kappa shape index (κ1) is 38.9. The van der Waals surface area contributed by atoms with Crippen molar-refractivity contribution in [3.05, 3.63) is 175 Å². The van der Waals surface area contributed by atoms with Gasteiger partial charge in [0.15, 0.2) is 0 Å². The zero-order valence-electron chi connectivity index (χ0n) is 36.9. The number of para-hydroxylation sites is 2. The number of anilines is 9. The van der Waals surface area contributed by atoms with Crippen molar-refractivity contribution in [2.45, 2.75) is 72.0 Å². The highest BCUT2D eigenvalue weighted by Crippen LogP contribution is 2.46. The number of rotatable bonds is 6. The number of fused-ring (bicyclic) bond motifs is 6. The van der Waals surface area contributed by atoms with Gasteiger partial charge in [-0.2, -0.15) is 0 Å². The summed E-state index contributed by atoms with van der Waals surface area (Å²) < 4.78 is 2.29. The molecule has 0 aliphatic carbocycles. The standard InChI is InChI=1S/C54H54BN5Si/c1-53(2,3)37-23-27-41(28-24-37)58(42-29-25-38(26-30-42)54(4,5)6)43-31-32-45-46(34-43)59(39-18-12-10-13-19-39)47-35-44(61(7,8)9)36-48-50(47)55(45)51-52(57-33-17-16-22-49(57)56-51)60(48)40-20-14-11-15-21-40/h10-36H,1-9H3. The maximum Gasteiger partial charge on any atom is 0.277 e. The van der Waals surface area contributed by atoms with Crippen LogP contribution in [0, 0.1) is 0 Å². The summed E-state index contributed by atoms with van der Waals surface area (Å²) in [4.78, 5) is 13.0. The van der Waals surface area contributed by atoms with Crippen molar-refractivity contribution in [1.29, 1.82) is 0 Å². The van der Waals surface area contributed by atoms with Crippen LogP contribution in [-0.2, 0) is 10.8 Å². The fourth-order valence-electron chi connectivity index (χ4n) is 9.29. The Balaban J connectivity index is 1.27. The number of aromatic nitrogens is 2. The van der Waals surface area contributed by atoms with Crippen molar-refractivity contribution in [3.63, 3.8) is 0 Å². The lowest BCUT2D eigenvalue weighted by atomic mass is 9.35. The minimum Gasteiger partial charge on any atom is -0.311 e. The second-order valence-electron chi connectivity index (χ2n) is 19.9. The van der Waals surface area contributed by atoms with Gasteiger partial charge in [-0.25, -0.2) is 4.98 Å². The van der Waals surface area contributed by atoms with Crippen LogP contribution >= 0.6 is 0 Å². The van der Waals surface area contributed by atoms with Gasteiger partial charge >= 0.3 is 0 Å². The summed E-state index contributed by atoms with van der Waals surface area (Å²) in [6, 6.07) is 58.6. The van der Waals surface area contributed by atoms with Crippen molar-refractivity contribution in [2.75, 3.05) is 14.7 Å². The Hall–Kier alpha value is -6.31. The Morgan fingerprint density at radius 2 is 1.03 bits per heavy atom. The van der Waals surface area contributed by atoms with E-state index in [2.05, 4.69) is 244 Å². The highest BCUT2D eigenvalue weighted by atomic mass is 28.3. The molecule has 0 unspecified atom stereocenters. The van der Waals surface area contributed by atoms with Crippen LogP contribution in [0.5, 0.6) is 0 Å². The van der Waals surface area contributed by atoms with E-state index >= 15 is 0 Å². The largest absolute Gasteiger partial charge is 0.311 e. The normalized spacial score (nSPS) is 13.6. The molecule has 6 aromatic carbocycles. The molecule has 0 atom stereocenters. The lowest BCUT2D eigenvalue weighted by Gasteiger charge is -2.44. The Labute approximate surface area is 363 Å². The molecular weight excluding hydrogens is 758 g/mol. The van der Waals surface area contributed by atoms with E-state index in [1.807, 2.05) is 0 Å². The summed E-state index contributed by atoms with van der Waals surface area (Å²) in [6.07, 6.45) is 2.17. The van der Waals surface area contributed by atoms with Gasteiger partial charge < -0.3 is 9.80 Å². The molecule has 0 bridgehead atoms. The molecule has 0 spiro atoms. The lowest BCUT2D eigenvalue weighted by molar-refractivity contribution is 0.590. The Morgan fingerprint density at radius 3 is 1.57 bits per heavy atom. The Morgan fingerprint density at radius 1 is 0.525 bits per heavy atom. The second kappa shape index (κ2) is 14.1. The van der Waals surface area contributed by atoms with Crippen LogP contribution in [0.25, 0.3) is 5.65 Å². The first-order chi connectivity index (χ1) is 29.2. The van der Waals surface area contributed by atoms with E-state index in [9.17, 15) is 0 Å². The Kier molecular flexibility index (Phi) is 9.01. The number of imidazole rings is 1. The Bertz CT molecular complexity index is 2860. The average molecular weight is 812 g/mol. The van der Waals surface area contributed by atoms with Gasteiger partial charge in [-0.3, -0.25) is 9.30 Å². The predicted octanol–water partition coefficient (Wildman–Crippen LogP) is 12.0. The van der Waals surface area contributed by atoms with E-state index in [0.717, 1.165) is 45.5 Å². The van der Waals surface area contributed by atoms with E-state index < -0.39 is 8.07 Å². The van der Waals surface area contributed by atoms with E-state index in [1.54, 1.807) is 0 Å². The minimum atomic E-state index is -1.86. The molecule has 0 saturated carbocycles. The van der Waals surface area contributed by atoms with Crippen molar-refractivity contribution < 1.29 is 0 Å². The SMILES string of the molecule is CC(C)(C)c1ccc(N(c2ccc(C(C)(C)C)cc2)c2ccc3c(c2)N(c2ccccc2)c2cc([Si](C)(C)C)cc4c2B3c2nc3ccccn3c2N4c2ccccc2)cc1. The van der Waals surface area contributed by atoms with Crippen LogP contribution in [0.15, 0.2) is 164 Å². The van der Waals surface area contributed by atoms with Gasteiger partial charge in [-0.1, -0.05) is 139 Å². The van der Waals surface area contributed by atoms with Crippen LogP contribution in [0.1, 0.15) is 52.7 Å². The van der Waals surface area contributed by atoms with E-state index in [4.69, 9.17) is 4.98 Å². The first-order valence-corrected chi connectivity index (χ1v) is 25.2. The zero-order valence-corrected chi connectivity index (χ0v) is 37.9. The third-order valence-electron chi connectivity index (χ3n) is 12.6. The van der Waals surface area contributed by atoms with Gasteiger partial charge in [-0.05, 0) is 118 Å². The molecule has 2 aromatic heterocycles. The van der Waals surface area contributed by atoms with Crippen LogP contribution in [0.2, 0.25) is 19.6 Å². The molecule has 7 heteroatoms. The maximum absolute atomic E-state index is 5.53. The molecule has 0 fully saturated rings. The molecule has 2 aliphatic rings. The van der Waals surface area contributed by atoms with Crippen LogP contribution < -0.4 is 36.4 Å². The minimum absolute atomic E-state index is 0.0492. The van der Waals surface area contributed by atoms with Gasteiger partial charge in [-0.15, -0.1) is 0 Å². The van der Waals surface area contributed by atoms with E-state index in [1.165, 1.54) is 44.3 Å². The number of hydrogen-bond acceptors (Lipinski definition) is 4. The molecule has 0 amide bonds. The van der Waals surface area contributed by atoms with Crippen molar-refractivity contribution in [1.82, 2.24) is 9.38 Å². The molecule has 8 aromatic rings. The fourth-order valence-corrected chi connectivity index (χ4v) is 10.4. The molecule has 0 saturated heterocycles. The monoisotopic (exact) mass is 811 g/mol. The fraction of sp³-hybridized carbons (Fsp3) is 0.204. The maximum atomic E-state index is 5.53. The van der Waals surface area contributed by atoms with Gasteiger partial charge in [0, 0.05) is 51.7 Å². The summed E-state index contributed by atoms with van der Waals surface area (Å²) in [6.45, 7) is 21.0. The summed E-state index contributed by atoms with van der Waals surface area (Å²) in [7, 11) is -1.86. The van der Waals surface area contributed by atoms with Crippen LogP contribution in [-0.4, -0.2) is 24.2 Å². The van der Waals surface area contributed by atoms with E-state index in [0.29, 0.717) is 0 Å². The highest BCUT2D eigenvalue weighted by Gasteiger charge is 2.47. The molecule has 5 nitrogen and oxygen atoms in total. The lowest BCUT2D eigenvalue weighted by Crippen LogP contribution is -2.62. The quantitative estimate of drug-likeness (QED) is 0.156. The number of pyridine rings is 1. The van der Waals surface area contributed by atoms with Gasteiger partial charge in [0.05, 0.1) is 13.7 Å². The molecule has 61 heavy (non-hydrogen) atoms. The van der Waals surface area contributed by atoms with Crippen molar-refractivity contribution in [2.24, 2.45) is 0 Å². The summed E-state index contributed by atoms with van der Waals surface area (Å²) in [5.74, 6) is 1.10. The van der Waals surface area contributed by atoms with E-state index in [-0.39, 0.29) is 17.5 Å². The molecule has 302 valence electrons. The van der Waals surface area contributed by atoms with Crippen molar-refractivity contribution in [3.8, 4) is 0 Å². The molecule has 0 radical (unpaired) electrons. The second-order valence-corrected chi connectivity index (χ2v) is 25.0. The summed E-state index contributed by atoms with van der Waals surface area (Å²) >= 11 is 0. The van der Waals surface area contributed by atoms with Gasteiger partial charge in [0.1, 0.15) is 11.5 Å². The smallest absolute Gasteiger partial charge is 0.277 e. The molecule has 0 N–H and O–H groups in total. The summed E-state index contributed by atoms with van der Waals surface area (Å²) in [5.41, 5.74) is 16.5. The molecule has 4 heterocycles. The zero-order chi connectivity index (χ0) is 42.4. The molecule has 10 rings (SSSR count). The van der Waals surface area contributed by atoms with Crippen LogP contribution in [0.4, 0.5) is 51.3 Å². The highest BCUT2D eigenvalue weighted by molar-refractivity contribution is 7.00. The summed E-state index contributed by atoms with van der Waals surface area (Å²) in [5, 5.41) is 1.42. The topological polar surface area (TPSA) is 27.0 Å². The molecule has 2 aliphatic heterocycles. The van der Waals surface area contributed by atoms with Gasteiger partial charge in [0.25, 0.3) is 6.71 Å². The predicted molar refractivity (Wildman–Crippen MR) is 264 cm³/mol. The third-order valence-corrected chi connectivity index (χ3v) is 14.6.